The Hall–Kier alpha value is -1.69. The quantitative estimate of drug-likeness (QED) is 0.773. The zero-order valence-electron chi connectivity index (χ0n) is 17.4. The second-order valence-electron chi connectivity index (χ2n) is 8.83. The molecule has 5 heteroatoms. The second-order valence-corrected chi connectivity index (χ2v) is 8.83. The van der Waals surface area contributed by atoms with Crippen molar-refractivity contribution in [2.24, 2.45) is 0 Å². The topological polar surface area (TPSA) is 37.8 Å². The van der Waals surface area contributed by atoms with Crippen molar-refractivity contribution >= 4 is 10.9 Å². The van der Waals surface area contributed by atoms with Gasteiger partial charge < -0.3 is 9.47 Å². The van der Waals surface area contributed by atoms with Crippen molar-refractivity contribution in [3.8, 4) is 5.75 Å². The van der Waals surface area contributed by atoms with Crippen molar-refractivity contribution in [3.05, 3.63) is 35.5 Å². The minimum atomic E-state index is 0.658. The molecular weight excluding hydrogens is 362 g/mol. The van der Waals surface area contributed by atoms with Gasteiger partial charge >= 0.3 is 0 Å². The largest absolute Gasteiger partial charge is 0.475 e. The van der Waals surface area contributed by atoms with E-state index in [9.17, 15) is 0 Å². The maximum absolute atomic E-state index is 6.35. The summed E-state index contributed by atoms with van der Waals surface area (Å²) >= 11 is 0. The van der Waals surface area contributed by atoms with Gasteiger partial charge in [-0.05, 0) is 30.5 Å². The van der Waals surface area contributed by atoms with E-state index in [1.54, 1.807) is 0 Å². The van der Waals surface area contributed by atoms with Crippen LogP contribution in [0.1, 0.15) is 56.1 Å². The zero-order chi connectivity index (χ0) is 19.5. The molecule has 0 unspecified atom stereocenters. The molecule has 0 radical (unpaired) electrons. The Balaban J connectivity index is 1.42. The summed E-state index contributed by atoms with van der Waals surface area (Å²) in [7, 11) is 0. The highest BCUT2D eigenvalue weighted by Gasteiger charge is 2.27. The zero-order valence-corrected chi connectivity index (χ0v) is 17.4. The maximum Gasteiger partial charge on any atom is 0.152 e. The fourth-order valence-corrected chi connectivity index (χ4v) is 5.21. The van der Waals surface area contributed by atoms with Crippen molar-refractivity contribution < 1.29 is 9.47 Å². The van der Waals surface area contributed by atoms with E-state index in [-0.39, 0.29) is 0 Å². The van der Waals surface area contributed by atoms with Gasteiger partial charge in [-0.15, -0.1) is 0 Å². The van der Waals surface area contributed by atoms with Crippen molar-refractivity contribution in [2.75, 3.05) is 33.0 Å². The van der Waals surface area contributed by atoms with Crippen LogP contribution >= 0.6 is 0 Å². The molecule has 2 aromatic rings. The Morgan fingerprint density at radius 2 is 1.83 bits per heavy atom. The number of ether oxygens (including phenoxy) is 2. The average molecular weight is 396 g/mol. The molecule has 5 rings (SSSR count). The molecular formula is C24H33N3O2. The normalized spacial score (nSPS) is 22.6. The molecule has 156 valence electrons. The number of hydrogen-bond acceptors (Lipinski definition) is 5. The summed E-state index contributed by atoms with van der Waals surface area (Å²) in [5.74, 6) is 1.01. The van der Waals surface area contributed by atoms with Crippen molar-refractivity contribution in [1.29, 1.82) is 0 Å². The SMILES string of the molecule is c1cnc2c3c(cc(CN4CCOCC4)c2c1)CN(C1CCCCCCC1)CO3. The van der Waals surface area contributed by atoms with Gasteiger partial charge in [-0.2, -0.15) is 0 Å². The molecule has 1 aliphatic carbocycles. The maximum atomic E-state index is 6.35. The number of nitrogens with zero attached hydrogens (tertiary/aromatic N) is 3. The first-order chi connectivity index (χ1) is 14.4. The number of aromatic nitrogens is 1. The molecule has 0 spiro atoms. The van der Waals surface area contributed by atoms with Gasteiger partial charge in [-0.3, -0.25) is 14.8 Å². The van der Waals surface area contributed by atoms with Gasteiger partial charge in [0.25, 0.3) is 0 Å². The van der Waals surface area contributed by atoms with E-state index in [1.165, 1.54) is 61.5 Å². The summed E-state index contributed by atoms with van der Waals surface area (Å²) in [6, 6.07) is 7.29. The molecule has 2 aliphatic heterocycles. The van der Waals surface area contributed by atoms with Crippen molar-refractivity contribution in [3.63, 3.8) is 0 Å². The minimum absolute atomic E-state index is 0.658. The van der Waals surface area contributed by atoms with Gasteiger partial charge in [-0.25, -0.2) is 0 Å². The van der Waals surface area contributed by atoms with Gasteiger partial charge in [0.1, 0.15) is 12.2 Å². The van der Waals surface area contributed by atoms with E-state index in [1.807, 2.05) is 12.3 Å². The molecule has 0 amide bonds. The van der Waals surface area contributed by atoms with Gasteiger partial charge in [-0.1, -0.05) is 38.2 Å². The molecule has 0 bridgehead atoms. The van der Waals surface area contributed by atoms with Crippen molar-refractivity contribution in [1.82, 2.24) is 14.8 Å². The summed E-state index contributed by atoms with van der Waals surface area (Å²) in [5.41, 5.74) is 3.72. The van der Waals surface area contributed by atoms with E-state index in [0.29, 0.717) is 12.8 Å². The molecule has 29 heavy (non-hydrogen) atoms. The molecule has 5 nitrogen and oxygen atoms in total. The van der Waals surface area contributed by atoms with Crippen LogP contribution in [0.25, 0.3) is 10.9 Å². The Morgan fingerprint density at radius 3 is 2.66 bits per heavy atom. The number of rotatable bonds is 3. The second kappa shape index (κ2) is 8.99. The van der Waals surface area contributed by atoms with Crippen LogP contribution in [0.3, 0.4) is 0 Å². The Kier molecular flexibility index (Phi) is 5.97. The van der Waals surface area contributed by atoms with Crippen LogP contribution in [-0.2, 0) is 17.8 Å². The molecule has 1 saturated heterocycles. The van der Waals surface area contributed by atoms with E-state index < -0.39 is 0 Å². The van der Waals surface area contributed by atoms with Crippen LogP contribution in [0.2, 0.25) is 0 Å². The molecule has 0 N–H and O–H groups in total. The minimum Gasteiger partial charge on any atom is -0.475 e. The Bertz CT molecular complexity index is 826. The highest BCUT2D eigenvalue weighted by atomic mass is 16.5. The standard InChI is InChI=1S/C24H33N3O2/c1-2-4-7-21(8-5-3-1)27-17-20-15-19(16-26-11-13-28-14-12-26)22-9-6-10-25-23(22)24(20)29-18-27/h6,9-10,15,21H,1-5,7-8,11-14,16-18H2. The van der Waals surface area contributed by atoms with Crippen LogP contribution < -0.4 is 4.74 Å². The molecule has 3 heterocycles. The Morgan fingerprint density at radius 1 is 1.03 bits per heavy atom. The van der Waals surface area contributed by atoms with Gasteiger partial charge in [0.15, 0.2) is 5.75 Å². The van der Waals surface area contributed by atoms with Gasteiger partial charge in [0, 0.05) is 49.4 Å². The molecule has 1 aromatic carbocycles. The lowest BCUT2D eigenvalue weighted by molar-refractivity contribution is 0.0340. The highest BCUT2D eigenvalue weighted by Crippen LogP contribution is 2.37. The van der Waals surface area contributed by atoms with Crippen LogP contribution in [0, 0.1) is 0 Å². The lowest BCUT2D eigenvalue weighted by atomic mass is 9.94. The van der Waals surface area contributed by atoms with Crippen LogP contribution in [0.5, 0.6) is 5.75 Å². The number of pyridine rings is 1. The summed E-state index contributed by atoms with van der Waals surface area (Å²) in [4.78, 5) is 9.79. The van der Waals surface area contributed by atoms with Crippen LogP contribution in [0.15, 0.2) is 24.4 Å². The Labute approximate surface area is 174 Å². The number of benzene rings is 1. The number of morpholine rings is 1. The number of hydrogen-bond donors (Lipinski definition) is 0. The smallest absolute Gasteiger partial charge is 0.152 e. The summed E-state index contributed by atoms with van der Waals surface area (Å²) in [6.07, 6.45) is 11.4. The fourth-order valence-electron chi connectivity index (χ4n) is 5.21. The summed E-state index contributed by atoms with van der Waals surface area (Å²) < 4.78 is 11.9. The lowest BCUT2D eigenvalue weighted by Gasteiger charge is -2.37. The van der Waals surface area contributed by atoms with E-state index in [4.69, 9.17) is 14.5 Å². The molecule has 1 aromatic heterocycles. The third-order valence-electron chi connectivity index (χ3n) is 6.85. The number of fused-ring (bicyclic) bond motifs is 3. The fraction of sp³-hybridized carbons (Fsp3) is 0.625. The first-order valence-electron chi connectivity index (χ1n) is 11.4. The molecule has 0 atom stereocenters. The van der Waals surface area contributed by atoms with Crippen molar-refractivity contribution in [2.45, 2.75) is 64.1 Å². The third kappa shape index (κ3) is 4.27. The predicted molar refractivity (Wildman–Crippen MR) is 115 cm³/mol. The first-order valence-corrected chi connectivity index (χ1v) is 11.4. The third-order valence-corrected chi connectivity index (χ3v) is 6.85. The van der Waals surface area contributed by atoms with Gasteiger partial charge in [0.2, 0.25) is 0 Å². The van der Waals surface area contributed by atoms with Crippen LogP contribution in [0.4, 0.5) is 0 Å². The monoisotopic (exact) mass is 395 g/mol. The average Bonchev–Trinajstić information content (AvgIpc) is 2.74. The van der Waals surface area contributed by atoms with E-state index in [0.717, 1.165) is 50.7 Å². The molecule has 3 aliphatic rings. The van der Waals surface area contributed by atoms with Crippen LogP contribution in [-0.4, -0.2) is 53.9 Å². The summed E-state index contributed by atoms with van der Waals surface area (Å²) in [5, 5.41) is 1.23. The van der Waals surface area contributed by atoms with Gasteiger partial charge in [0.05, 0.1) is 13.2 Å². The predicted octanol–water partition coefficient (Wildman–Crippen LogP) is 4.33. The summed E-state index contributed by atoms with van der Waals surface area (Å²) in [6.45, 7) is 6.32. The molecule has 2 fully saturated rings. The highest BCUT2D eigenvalue weighted by molar-refractivity contribution is 5.89. The lowest BCUT2D eigenvalue weighted by Crippen LogP contribution is -2.41. The first kappa shape index (κ1) is 19.3. The molecule has 1 saturated carbocycles. The van der Waals surface area contributed by atoms with E-state index >= 15 is 0 Å². The van der Waals surface area contributed by atoms with E-state index in [2.05, 4.69) is 21.9 Å².